The molecule has 0 aliphatic heterocycles. The average molecular weight is 183 g/mol. The maximum Gasteiger partial charge on any atom is 0.172 e. The Morgan fingerprint density at radius 3 is 2.54 bits per heavy atom. The van der Waals surface area contributed by atoms with Gasteiger partial charge < -0.3 is 10.2 Å². The summed E-state index contributed by atoms with van der Waals surface area (Å²) in [5.74, 6) is -0.699. The number of fused-ring (bicyclic) bond motifs is 1. The van der Waals surface area contributed by atoms with Gasteiger partial charge in [0.15, 0.2) is 11.4 Å². The van der Waals surface area contributed by atoms with Gasteiger partial charge in [-0.15, -0.1) is 0 Å². The Morgan fingerprint density at radius 1 is 1.23 bits per heavy atom. The summed E-state index contributed by atoms with van der Waals surface area (Å²) >= 11 is 0. The Labute approximate surface area is 72.9 Å². The minimum absolute atomic E-state index is 0.0690. The lowest BCUT2D eigenvalue weighted by atomic mass is 10.2. The van der Waals surface area contributed by atoms with Crippen LogP contribution in [0.4, 0.5) is 8.78 Å². The first kappa shape index (κ1) is 8.19. The topological polar surface area (TPSA) is 39.2 Å². The van der Waals surface area contributed by atoms with Crippen molar-refractivity contribution in [3.8, 4) is 0 Å². The summed E-state index contributed by atoms with van der Waals surface area (Å²) in [6.45, 7) is 0.132. The van der Waals surface area contributed by atoms with Gasteiger partial charge in [0.1, 0.15) is 11.6 Å². The first-order chi connectivity index (χ1) is 6.22. The SMILES string of the molecule is NCc1cc2c(F)ccc(F)c2o1. The van der Waals surface area contributed by atoms with Crippen LogP contribution in [0.2, 0.25) is 0 Å². The third-order valence-electron chi connectivity index (χ3n) is 1.83. The molecule has 0 aliphatic carbocycles. The van der Waals surface area contributed by atoms with Crippen molar-refractivity contribution < 1.29 is 13.2 Å². The van der Waals surface area contributed by atoms with Crippen molar-refractivity contribution in [2.75, 3.05) is 0 Å². The van der Waals surface area contributed by atoms with Crippen molar-refractivity contribution in [1.82, 2.24) is 0 Å². The average Bonchev–Trinajstić information content (AvgIpc) is 2.56. The van der Waals surface area contributed by atoms with Crippen LogP contribution in [0.5, 0.6) is 0 Å². The number of nitrogens with two attached hydrogens (primary N) is 1. The highest BCUT2D eigenvalue weighted by atomic mass is 19.1. The molecule has 2 N–H and O–H groups in total. The number of rotatable bonds is 1. The molecule has 0 amide bonds. The first-order valence-electron chi connectivity index (χ1n) is 3.79. The molecule has 0 atom stereocenters. The van der Waals surface area contributed by atoms with Gasteiger partial charge in [-0.2, -0.15) is 0 Å². The highest BCUT2D eigenvalue weighted by molar-refractivity contribution is 5.79. The second kappa shape index (κ2) is 2.81. The minimum atomic E-state index is -0.573. The van der Waals surface area contributed by atoms with E-state index in [4.69, 9.17) is 10.2 Å². The molecule has 68 valence electrons. The summed E-state index contributed by atoms with van der Waals surface area (Å²) in [6, 6.07) is 3.50. The van der Waals surface area contributed by atoms with Crippen LogP contribution in [0.25, 0.3) is 11.0 Å². The molecule has 4 heteroatoms. The Balaban J connectivity index is 2.80. The van der Waals surface area contributed by atoms with E-state index in [2.05, 4.69) is 0 Å². The third kappa shape index (κ3) is 1.19. The molecule has 0 radical (unpaired) electrons. The van der Waals surface area contributed by atoms with E-state index in [1.165, 1.54) is 6.07 Å². The number of hydrogen-bond acceptors (Lipinski definition) is 2. The third-order valence-corrected chi connectivity index (χ3v) is 1.83. The van der Waals surface area contributed by atoms with Gasteiger partial charge in [-0.05, 0) is 18.2 Å². The Bertz CT molecular complexity index is 411. The predicted molar refractivity (Wildman–Crippen MR) is 44.0 cm³/mol. The van der Waals surface area contributed by atoms with Gasteiger partial charge in [0.05, 0.1) is 11.9 Å². The molecule has 0 saturated heterocycles. The smallest absolute Gasteiger partial charge is 0.172 e. The molecule has 1 heterocycles. The van der Waals surface area contributed by atoms with Gasteiger partial charge >= 0.3 is 0 Å². The van der Waals surface area contributed by atoms with E-state index in [0.29, 0.717) is 5.76 Å². The lowest BCUT2D eigenvalue weighted by Gasteiger charge is -1.91. The summed E-state index contributed by atoms with van der Waals surface area (Å²) in [7, 11) is 0. The van der Waals surface area contributed by atoms with Crippen LogP contribution in [-0.4, -0.2) is 0 Å². The van der Waals surface area contributed by atoms with Crippen LogP contribution < -0.4 is 5.73 Å². The predicted octanol–water partition coefficient (Wildman–Crippen LogP) is 2.17. The first-order valence-corrected chi connectivity index (χ1v) is 3.79. The second-order valence-electron chi connectivity index (χ2n) is 2.69. The van der Waals surface area contributed by atoms with Gasteiger partial charge in [0.25, 0.3) is 0 Å². The van der Waals surface area contributed by atoms with Crippen LogP contribution in [0, 0.1) is 11.6 Å². The Kier molecular flexibility index (Phi) is 1.77. The van der Waals surface area contributed by atoms with Crippen molar-refractivity contribution in [3.63, 3.8) is 0 Å². The number of hydrogen-bond donors (Lipinski definition) is 1. The molecule has 0 fully saturated rings. The Hall–Kier alpha value is -1.42. The maximum absolute atomic E-state index is 13.0. The molecule has 0 saturated carbocycles. The molecular formula is C9H7F2NO. The van der Waals surface area contributed by atoms with Gasteiger partial charge in [-0.25, -0.2) is 8.78 Å². The van der Waals surface area contributed by atoms with Gasteiger partial charge in [-0.1, -0.05) is 0 Å². The van der Waals surface area contributed by atoms with E-state index in [0.717, 1.165) is 12.1 Å². The monoisotopic (exact) mass is 183 g/mol. The molecule has 0 spiro atoms. The van der Waals surface area contributed by atoms with Gasteiger partial charge in [0.2, 0.25) is 0 Å². The van der Waals surface area contributed by atoms with E-state index in [1.807, 2.05) is 0 Å². The van der Waals surface area contributed by atoms with E-state index >= 15 is 0 Å². The number of furan rings is 1. The van der Waals surface area contributed by atoms with Crippen LogP contribution in [0.3, 0.4) is 0 Å². The number of benzene rings is 1. The fourth-order valence-corrected chi connectivity index (χ4v) is 1.21. The van der Waals surface area contributed by atoms with E-state index in [1.54, 1.807) is 0 Å². The fraction of sp³-hybridized carbons (Fsp3) is 0.111. The second-order valence-corrected chi connectivity index (χ2v) is 2.69. The molecule has 1 aromatic heterocycles. The van der Waals surface area contributed by atoms with E-state index in [9.17, 15) is 8.78 Å². The highest BCUT2D eigenvalue weighted by Crippen LogP contribution is 2.24. The van der Waals surface area contributed by atoms with E-state index in [-0.39, 0.29) is 17.5 Å². The van der Waals surface area contributed by atoms with Gasteiger partial charge in [-0.3, -0.25) is 0 Å². The largest absolute Gasteiger partial charge is 0.457 e. The van der Waals surface area contributed by atoms with Crippen molar-refractivity contribution in [2.45, 2.75) is 6.54 Å². The van der Waals surface area contributed by atoms with Crippen LogP contribution in [0.1, 0.15) is 5.76 Å². The summed E-state index contributed by atoms with van der Waals surface area (Å²) in [5, 5.41) is 0.139. The van der Waals surface area contributed by atoms with Crippen LogP contribution in [-0.2, 0) is 6.54 Å². The molecule has 2 rings (SSSR count). The van der Waals surface area contributed by atoms with E-state index < -0.39 is 11.6 Å². The highest BCUT2D eigenvalue weighted by Gasteiger charge is 2.11. The summed E-state index contributed by atoms with van der Waals surface area (Å²) in [4.78, 5) is 0. The lowest BCUT2D eigenvalue weighted by Crippen LogP contribution is -1.92. The van der Waals surface area contributed by atoms with Crippen molar-refractivity contribution in [2.24, 2.45) is 5.73 Å². The zero-order chi connectivity index (χ0) is 9.42. The molecular weight excluding hydrogens is 176 g/mol. The van der Waals surface area contributed by atoms with Crippen molar-refractivity contribution in [3.05, 3.63) is 35.6 Å². The normalized spacial score (nSPS) is 11.0. The standard InChI is InChI=1S/C9H7F2NO/c10-7-1-2-8(11)9-6(7)3-5(4-12)13-9/h1-3H,4,12H2. The van der Waals surface area contributed by atoms with Crippen LogP contribution in [0.15, 0.2) is 22.6 Å². The molecule has 13 heavy (non-hydrogen) atoms. The molecule has 2 aromatic rings. The van der Waals surface area contributed by atoms with Crippen molar-refractivity contribution in [1.29, 1.82) is 0 Å². The zero-order valence-corrected chi connectivity index (χ0v) is 6.68. The zero-order valence-electron chi connectivity index (χ0n) is 6.68. The minimum Gasteiger partial charge on any atom is -0.457 e. The maximum atomic E-state index is 13.0. The lowest BCUT2D eigenvalue weighted by molar-refractivity contribution is 0.519. The fourth-order valence-electron chi connectivity index (χ4n) is 1.21. The quantitative estimate of drug-likeness (QED) is 0.735. The molecule has 0 unspecified atom stereocenters. The van der Waals surface area contributed by atoms with Gasteiger partial charge in [0, 0.05) is 0 Å². The molecule has 0 bridgehead atoms. The summed E-state index contributed by atoms with van der Waals surface area (Å²) < 4.78 is 31.1. The molecule has 0 aliphatic rings. The Morgan fingerprint density at radius 2 is 1.92 bits per heavy atom. The summed E-state index contributed by atoms with van der Waals surface area (Å²) in [6.07, 6.45) is 0. The van der Waals surface area contributed by atoms with Crippen LogP contribution >= 0.6 is 0 Å². The summed E-state index contributed by atoms with van der Waals surface area (Å²) in [5.41, 5.74) is 5.21. The number of halogens is 2. The molecule has 2 nitrogen and oxygen atoms in total. The van der Waals surface area contributed by atoms with Crippen molar-refractivity contribution >= 4 is 11.0 Å². The molecule has 1 aromatic carbocycles.